The van der Waals surface area contributed by atoms with Crippen molar-refractivity contribution < 1.29 is 23.5 Å². The molecule has 262 valence electrons. The van der Waals surface area contributed by atoms with E-state index in [0.29, 0.717) is 34.3 Å². The van der Waals surface area contributed by atoms with Gasteiger partial charge >= 0.3 is 12.2 Å². The van der Waals surface area contributed by atoms with Gasteiger partial charge in [0.15, 0.2) is 0 Å². The van der Waals surface area contributed by atoms with Crippen LogP contribution in [0.2, 0.25) is 0 Å². The fourth-order valence-electron chi connectivity index (χ4n) is 5.58. The first kappa shape index (κ1) is 37.6. The first-order valence-corrected chi connectivity index (χ1v) is 18.1. The van der Waals surface area contributed by atoms with E-state index in [1.54, 1.807) is 0 Å². The minimum atomic E-state index is -1.72. The first-order chi connectivity index (χ1) is 23.3. The van der Waals surface area contributed by atoms with Gasteiger partial charge in [0.25, 0.3) is 0 Å². The SMILES string of the molecule is O=C(NC(=NC1CCCC1)c1ccc(-c2ccc(-c3ccc(C(=NC4CCCC4)NC(=O)OCC(Cl)(Cl)Cl)cc3)o2)cc1)OCC(Cl)(Cl)Cl. The Hall–Kier alpha value is -2.66. The number of rotatable bonds is 8. The molecule has 5 rings (SSSR count). The highest BCUT2D eigenvalue weighted by Crippen LogP contribution is 2.31. The Morgan fingerprint density at radius 2 is 0.959 bits per heavy atom. The minimum Gasteiger partial charge on any atom is -0.456 e. The Balaban J connectivity index is 1.29. The third-order valence-electron chi connectivity index (χ3n) is 7.94. The van der Waals surface area contributed by atoms with E-state index in [0.717, 1.165) is 62.5 Å². The van der Waals surface area contributed by atoms with Gasteiger partial charge in [-0.1, -0.05) is 144 Å². The Bertz CT molecular complexity index is 1520. The van der Waals surface area contributed by atoms with E-state index in [9.17, 15) is 9.59 Å². The number of ether oxygens (including phenoxy) is 2. The zero-order valence-corrected chi connectivity index (χ0v) is 30.7. The van der Waals surface area contributed by atoms with Crippen molar-refractivity contribution in [3.63, 3.8) is 0 Å². The van der Waals surface area contributed by atoms with Gasteiger partial charge in [0, 0.05) is 22.3 Å². The molecule has 0 unspecified atom stereocenters. The van der Waals surface area contributed by atoms with Crippen LogP contribution < -0.4 is 10.6 Å². The van der Waals surface area contributed by atoms with Gasteiger partial charge in [0.05, 0.1) is 12.1 Å². The molecule has 1 aromatic heterocycles. The first-order valence-electron chi connectivity index (χ1n) is 15.8. The molecule has 49 heavy (non-hydrogen) atoms. The number of carbonyl (C=O) groups excluding carboxylic acids is 2. The number of carbonyl (C=O) groups is 2. The van der Waals surface area contributed by atoms with E-state index >= 15 is 0 Å². The largest absolute Gasteiger partial charge is 0.456 e. The molecule has 3 aromatic rings. The van der Waals surface area contributed by atoms with Crippen LogP contribution in [-0.4, -0.2) is 56.7 Å². The quantitative estimate of drug-likeness (QED) is 0.134. The molecule has 2 amide bonds. The zero-order chi connectivity index (χ0) is 35.0. The summed E-state index contributed by atoms with van der Waals surface area (Å²) < 4.78 is 12.9. The predicted octanol–water partition coefficient (Wildman–Crippen LogP) is 10.2. The van der Waals surface area contributed by atoms with Crippen LogP contribution in [0.1, 0.15) is 62.5 Å². The number of benzene rings is 2. The summed E-state index contributed by atoms with van der Waals surface area (Å²) in [5, 5.41) is 5.41. The summed E-state index contributed by atoms with van der Waals surface area (Å²) in [5.41, 5.74) is 3.05. The average molecular weight is 791 g/mol. The Morgan fingerprint density at radius 3 is 1.29 bits per heavy atom. The van der Waals surface area contributed by atoms with E-state index in [2.05, 4.69) is 10.6 Å². The van der Waals surface area contributed by atoms with Crippen molar-refractivity contribution in [2.45, 2.75) is 71.0 Å². The fraction of sp³-hybridized carbons (Fsp3) is 0.412. The monoisotopic (exact) mass is 788 g/mol. The maximum atomic E-state index is 12.5. The molecule has 1 heterocycles. The van der Waals surface area contributed by atoms with Crippen molar-refractivity contribution in [2.75, 3.05) is 13.2 Å². The fourth-order valence-corrected chi connectivity index (χ4v) is 5.91. The van der Waals surface area contributed by atoms with Crippen LogP contribution in [0.4, 0.5) is 9.59 Å². The lowest BCUT2D eigenvalue weighted by atomic mass is 10.1. The third kappa shape index (κ3) is 12.0. The number of hydrogen-bond donors (Lipinski definition) is 2. The van der Waals surface area contributed by atoms with Gasteiger partial charge in [0.1, 0.15) is 36.4 Å². The van der Waals surface area contributed by atoms with Crippen LogP contribution in [0.25, 0.3) is 22.6 Å². The summed E-state index contributed by atoms with van der Waals surface area (Å²) in [6.45, 7) is -0.800. The number of aliphatic imine (C=N–C) groups is 2. The maximum Gasteiger partial charge on any atom is 0.412 e. The number of amides is 2. The standard InChI is InChI=1S/C34H34Cl6N4O5/c35-33(36,37)19-47-31(45)43-29(41-25-5-1-2-6-25)23-13-9-21(10-14-23)27-17-18-28(49-27)22-11-15-24(16-12-22)30(42-26-7-3-4-8-26)44-32(46)48-20-34(38,39)40/h9-18,25-26H,1-8,19-20H2,(H,41,43,45)(H,42,44,46). The van der Waals surface area contributed by atoms with Crippen molar-refractivity contribution in [3.05, 3.63) is 71.8 Å². The molecule has 9 nitrogen and oxygen atoms in total. The molecule has 15 heteroatoms. The lowest BCUT2D eigenvalue weighted by molar-refractivity contribution is 0.153. The van der Waals surface area contributed by atoms with E-state index in [-0.39, 0.29) is 12.1 Å². The molecule has 2 saturated carbocycles. The number of amidine groups is 2. The maximum absolute atomic E-state index is 12.5. The third-order valence-corrected chi connectivity index (χ3v) is 8.59. The van der Waals surface area contributed by atoms with Gasteiger partial charge < -0.3 is 13.9 Å². The molecule has 0 spiro atoms. The molecule has 2 fully saturated rings. The minimum absolute atomic E-state index is 0.102. The number of halogens is 6. The summed E-state index contributed by atoms with van der Waals surface area (Å²) in [6.07, 6.45) is 6.59. The average Bonchev–Trinajstić information content (AvgIpc) is 3.86. The number of hydrogen-bond acceptors (Lipinski definition) is 7. The van der Waals surface area contributed by atoms with Gasteiger partial charge in [-0.2, -0.15) is 0 Å². The zero-order valence-electron chi connectivity index (χ0n) is 26.2. The Kier molecular flexibility index (Phi) is 13.1. The summed E-state index contributed by atoms with van der Waals surface area (Å²) in [4.78, 5) is 34.5. The molecular weight excluding hydrogens is 757 g/mol. The Morgan fingerprint density at radius 1 is 0.612 bits per heavy atom. The topological polar surface area (TPSA) is 115 Å². The van der Waals surface area contributed by atoms with Gasteiger partial charge in [-0.05, 0) is 37.8 Å². The molecule has 0 radical (unpaired) electrons. The van der Waals surface area contributed by atoms with Gasteiger partial charge in [0.2, 0.25) is 7.59 Å². The number of nitrogens with one attached hydrogen (secondary N) is 2. The summed E-state index contributed by atoms with van der Waals surface area (Å²) in [5.74, 6) is 2.07. The van der Waals surface area contributed by atoms with Crippen molar-refractivity contribution in [1.82, 2.24) is 10.6 Å². The molecule has 0 bridgehead atoms. The van der Waals surface area contributed by atoms with E-state index in [1.165, 1.54) is 0 Å². The highest BCUT2D eigenvalue weighted by atomic mass is 35.6. The van der Waals surface area contributed by atoms with Gasteiger partial charge in [-0.3, -0.25) is 20.6 Å². The van der Waals surface area contributed by atoms with Crippen LogP contribution >= 0.6 is 69.6 Å². The van der Waals surface area contributed by atoms with E-state index in [4.69, 9.17) is 93.5 Å². The predicted molar refractivity (Wildman–Crippen MR) is 197 cm³/mol. The van der Waals surface area contributed by atoms with Crippen molar-refractivity contribution >= 4 is 93.5 Å². The summed E-state index contributed by atoms with van der Waals surface area (Å²) >= 11 is 34.3. The highest BCUT2D eigenvalue weighted by Gasteiger charge is 2.25. The Labute approximate surface area is 314 Å². The van der Waals surface area contributed by atoms with Crippen LogP contribution in [0, 0.1) is 0 Å². The van der Waals surface area contributed by atoms with Crippen LogP contribution in [0.5, 0.6) is 0 Å². The number of nitrogens with zero attached hydrogens (tertiary/aromatic N) is 2. The molecule has 0 atom stereocenters. The number of alkyl carbamates (subject to hydrolysis) is 2. The molecule has 0 aliphatic heterocycles. The second-order valence-electron chi connectivity index (χ2n) is 11.8. The lowest BCUT2D eigenvalue weighted by Gasteiger charge is -2.15. The highest BCUT2D eigenvalue weighted by molar-refractivity contribution is 6.68. The van der Waals surface area contributed by atoms with E-state index < -0.39 is 33.0 Å². The van der Waals surface area contributed by atoms with Crippen molar-refractivity contribution in [3.8, 4) is 22.6 Å². The van der Waals surface area contributed by atoms with Crippen LogP contribution in [0.15, 0.2) is 75.1 Å². The number of furan rings is 1. The molecule has 2 aliphatic carbocycles. The molecule has 2 N–H and O–H groups in total. The van der Waals surface area contributed by atoms with Gasteiger partial charge in [-0.15, -0.1) is 0 Å². The van der Waals surface area contributed by atoms with Crippen molar-refractivity contribution in [1.29, 1.82) is 0 Å². The molecule has 2 aliphatic rings. The second-order valence-corrected chi connectivity index (χ2v) is 16.8. The van der Waals surface area contributed by atoms with Gasteiger partial charge in [-0.25, -0.2) is 9.59 Å². The van der Waals surface area contributed by atoms with E-state index in [1.807, 2.05) is 60.7 Å². The molecular formula is C34H34Cl6N4O5. The van der Waals surface area contributed by atoms with Crippen molar-refractivity contribution in [2.24, 2.45) is 9.98 Å². The smallest absolute Gasteiger partial charge is 0.412 e. The summed E-state index contributed by atoms with van der Waals surface area (Å²) in [6, 6.07) is 18.9. The lowest BCUT2D eigenvalue weighted by Crippen LogP contribution is -2.34. The number of alkyl halides is 6. The summed E-state index contributed by atoms with van der Waals surface area (Å²) in [7, 11) is 0. The van der Waals surface area contributed by atoms with Crippen LogP contribution in [0.3, 0.4) is 0 Å². The normalized spacial score (nSPS) is 16.5. The second kappa shape index (κ2) is 17.0. The van der Waals surface area contributed by atoms with Crippen LogP contribution in [-0.2, 0) is 9.47 Å². The molecule has 0 saturated heterocycles. The molecule has 2 aromatic carbocycles.